The highest BCUT2D eigenvalue weighted by atomic mass is 35.5. The molecule has 132 valence electrons. The zero-order valence-electron chi connectivity index (χ0n) is 13.3. The Morgan fingerprint density at radius 1 is 1.32 bits per heavy atom. The van der Waals surface area contributed by atoms with Crippen molar-refractivity contribution in [3.05, 3.63) is 46.0 Å². The third-order valence-corrected chi connectivity index (χ3v) is 4.88. The molecule has 1 aromatic heterocycles. The van der Waals surface area contributed by atoms with Gasteiger partial charge in [0.1, 0.15) is 12.2 Å². The molecule has 1 fully saturated rings. The maximum absolute atomic E-state index is 12.6. The molecule has 0 spiro atoms. The number of carbonyl (C=O) groups is 2. The fraction of sp³-hybridized carbons (Fsp3) is 0.375. The number of nitrogens with zero attached hydrogens (tertiary/aromatic N) is 3. The van der Waals surface area contributed by atoms with Crippen LogP contribution in [0.3, 0.4) is 0 Å². The van der Waals surface area contributed by atoms with Gasteiger partial charge in [0.05, 0.1) is 22.5 Å². The van der Waals surface area contributed by atoms with Gasteiger partial charge in [-0.05, 0) is 31.0 Å². The van der Waals surface area contributed by atoms with Crippen LogP contribution in [0, 0.1) is 5.92 Å². The van der Waals surface area contributed by atoms with E-state index in [0.717, 1.165) is 12.8 Å². The molecule has 3 rings (SSSR count). The smallest absolute Gasteiger partial charge is 0.253 e. The summed E-state index contributed by atoms with van der Waals surface area (Å²) >= 11 is 11.9. The summed E-state index contributed by atoms with van der Waals surface area (Å²) < 4.78 is 0. The highest BCUT2D eigenvalue weighted by Gasteiger charge is 2.29. The van der Waals surface area contributed by atoms with E-state index < -0.39 is 0 Å². The number of piperidine rings is 1. The molecular weight excluding hydrogens is 365 g/mol. The molecule has 9 heteroatoms. The molecule has 0 radical (unpaired) electrons. The van der Waals surface area contributed by atoms with Crippen molar-refractivity contribution in [2.24, 2.45) is 5.92 Å². The van der Waals surface area contributed by atoms with Gasteiger partial charge in [-0.25, -0.2) is 4.98 Å². The minimum atomic E-state index is -0.247. The van der Waals surface area contributed by atoms with Crippen molar-refractivity contribution < 1.29 is 9.59 Å². The second-order valence-corrected chi connectivity index (χ2v) is 6.68. The number of nitrogens with one attached hydrogen (secondary N) is 2. The molecule has 2 aromatic rings. The SMILES string of the molecule is O=C(NCc1ncn[nH]1)C1CCCN(C(=O)c2ccc(Cl)c(Cl)c2)C1. The van der Waals surface area contributed by atoms with Crippen LogP contribution in [-0.2, 0) is 11.3 Å². The van der Waals surface area contributed by atoms with E-state index in [9.17, 15) is 9.59 Å². The predicted molar refractivity (Wildman–Crippen MR) is 93.3 cm³/mol. The van der Waals surface area contributed by atoms with Gasteiger partial charge in [-0.15, -0.1) is 0 Å². The minimum absolute atomic E-state index is 0.0944. The molecule has 1 aliphatic heterocycles. The number of benzene rings is 1. The van der Waals surface area contributed by atoms with E-state index in [2.05, 4.69) is 20.5 Å². The molecule has 2 heterocycles. The van der Waals surface area contributed by atoms with E-state index in [4.69, 9.17) is 23.2 Å². The molecule has 1 unspecified atom stereocenters. The fourth-order valence-corrected chi connectivity index (χ4v) is 3.12. The van der Waals surface area contributed by atoms with Gasteiger partial charge in [-0.1, -0.05) is 23.2 Å². The van der Waals surface area contributed by atoms with Crippen LogP contribution < -0.4 is 5.32 Å². The number of likely N-dealkylation sites (tertiary alicyclic amines) is 1. The zero-order valence-corrected chi connectivity index (χ0v) is 14.8. The Morgan fingerprint density at radius 2 is 2.16 bits per heavy atom. The number of hydrogen-bond acceptors (Lipinski definition) is 4. The molecular formula is C16H17Cl2N5O2. The Balaban J connectivity index is 1.60. The maximum atomic E-state index is 12.6. The van der Waals surface area contributed by atoms with Gasteiger partial charge < -0.3 is 10.2 Å². The number of amides is 2. The lowest BCUT2D eigenvalue weighted by atomic mass is 9.96. The maximum Gasteiger partial charge on any atom is 0.253 e. The van der Waals surface area contributed by atoms with Crippen LogP contribution in [0.2, 0.25) is 10.0 Å². The standard InChI is InChI=1S/C16H17Cl2N5O2/c17-12-4-3-10(6-13(12)18)16(25)23-5-1-2-11(8-23)15(24)19-7-14-20-9-21-22-14/h3-4,6,9,11H,1-2,5,7-8H2,(H,19,24)(H,20,21,22). The molecule has 1 atom stereocenters. The monoisotopic (exact) mass is 381 g/mol. The molecule has 1 saturated heterocycles. The van der Waals surface area contributed by atoms with Crippen LogP contribution in [0.25, 0.3) is 0 Å². The lowest BCUT2D eigenvalue weighted by Crippen LogP contribution is -2.45. The summed E-state index contributed by atoms with van der Waals surface area (Å²) in [6.45, 7) is 1.28. The van der Waals surface area contributed by atoms with E-state index in [1.54, 1.807) is 23.1 Å². The average Bonchev–Trinajstić information content (AvgIpc) is 3.15. The first-order chi connectivity index (χ1) is 12.0. The number of aromatic amines is 1. The van der Waals surface area contributed by atoms with Crippen molar-refractivity contribution in [2.45, 2.75) is 19.4 Å². The van der Waals surface area contributed by atoms with E-state index in [1.165, 1.54) is 6.33 Å². The molecule has 7 nitrogen and oxygen atoms in total. The second-order valence-electron chi connectivity index (χ2n) is 5.87. The van der Waals surface area contributed by atoms with E-state index in [0.29, 0.717) is 34.5 Å². The third kappa shape index (κ3) is 4.29. The van der Waals surface area contributed by atoms with Crippen LogP contribution in [0.1, 0.15) is 29.0 Å². The van der Waals surface area contributed by atoms with E-state index >= 15 is 0 Å². The Bertz CT molecular complexity index is 766. The number of halogens is 2. The molecule has 25 heavy (non-hydrogen) atoms. The van der Waals surface area contributed by atoms with Gasteiger partial charge in [-0.3, -0.25) is 14.7 Å². The van der Waals surface area contributed by atoms with Crippen LogP contribution >= 0.6 is 23.2 Å². The van der Waals surface area contributed by atoms with Crippen molar-refractivity contribution in [1.82, 2.24) is 25.4 Å². The van der Waals surface area contributed by atoms with Crippen molar-refractivity contribution in [3.63, 3.8) is 0 Å². The highest BCUT2D eigenvalue weighted by Crippen LogP contribution is 2.25. The van der Waals surface area contributed by atoms with Gasteiger partial charge in [-0.2, -0.15) is 5.10 Å². The van der Waals surface area contributed by atoms with Crippen molar-refractivity contribution in [3.8, 4) is 0 Å². The Morgan fingerprint density at radius 3 is 2.88 bits per heavy atom. The molecule has 1 aliphatic rings. The lowest BCUT2D eigenvalue weighted by Gasteiger charge is -2.32. The van der Waals surface area contributed by atoms with Gasteiger partial charge in [0.15, 0.2) is 0 Å². The molecule has 2 amide bonds. The molecule has 2 N–H and O–H groups in total. The first kappa shape index (κ1) is 17.7. The molecule has 1 aromatic carbocycles. The number of hydrogen-bond donors (Lipinski definition) is 2. The van der Waals surface area contributed by atoms with Gasteiger partial charge >= 0.3 is 0 Å². The Hall–Kier alpha value is -2.12. The summed E-state index contributed by atoms with van der Waals surface area (Å²) in [6, 6.07) is 4.80. The zero-order chi connectivity index (χ0) is 17.8. The second kappa shape index (κ2) is 7.84. The summed E-state index contributed by atoms with van der Waals surface area (Å²) in [7, 11) is 0. The largest absolute Gasteiger partial charge is 0.349 e. The number of H-pyrrole nitrogens is 1. The van der Waals surface area contributed by atoms with Crippen LogP contribution in [-0.4, -0.2) is 45.0 Å². The van der Waals surface area contributed by atoms with Crippen molar-refractivity contribution >= 4 is 35.0 Å². The summed E-state index contributed by atoms with van der Waals surface area (Å²) in [4.78, 5) is 30.6. The van der Waals surface area contributed by atoms with Gasteiger partial charge in [0.2, 0.25) is 5.91 Å². The van der Waals surface area contributed by atoms with Crippen LogP contribution in [0.4, 0.5) is 0 Å². The van der Waals surface area contributed by atoms with E-state index in [-0.39, 0.29) is 24.3 Å². The Labute approximate surface area is 154 Å². The summed E-state index contributed by atoms with van der Waals surface area (Å²) in [5.74, 6) is 0.102. The van der Waals surface area contributed by atoms with Gasteiger partial charge in [0, 0.05) is 18.7 Å². The molecule has 0 aliphatic carbocycles. The number of rotatable bonds is 4. The van der Waals surface area contributed by atoms with Crippen molar-refractivity contribution in [1.29, 1.82) is 0 Å². The van der Waals surface area contributed by atoms with Crippen LogP contribution in [0.15, 0.2) is 24.5 Å². The van der Waals surface area contributed by atoms with Crippen LogP contribution in [0.5, 0.6) is 0 Å². The van der Waals surface area contributed by atoms with Crippen molar-refractivity contribution in [2.75, 3.05) is 13.1 Å². The normalized spacial score (nSPS) is 17.4. The predicted octanol–water partition coefficient (Wildman–Crippen LogP) is 2.28. The average molecular weight is 382 g/mol. The first-order valence-corrected chi connectivity index (χ1v) is 8.66. The highest BCUT2D eigenvalue weighted by molar-refractivity contribution is 6.42. The number of carbonyl (C=O) groups excluding carboxylic acids is 2. The molecule has 0 saturated carbocycles. The first-order valence-electron chi connectivity index (χ1n) is 7.91. The topological polar surface area (TPSA) is 91.0 Å². The Kier molecular flexibility index (Phi) is 5.55. The fourth-order valence-electron chi connectivity index (χ4n) is 2.82. The number of aromatic nitrogens is 3. The molecule has 0 bridgehead atoms. The summed E-state index contributed by atoms with van der Waals surface area (Å²) in [6.07, 6.45) is 2.90. The quantitative estimate of drug-likeness (QED) is 0.849. The minimum Gasteiger partial charge on any atom is -0.349 e. The van der Waals surface area contributed by atoms with Gasteiger partial charge in [0.25, 0.3) is 5.91 Å². The summed E-state index contributed by atoms with van der Waals surface area (Å²) in [5.41, 5.74) is 0.470. The summed E-state index contributed by atoms with van der Waals surface area (Å²) in [5, 5.41) is 9.99. The van der Waals surface area contributed by atoms with E-state index in [1.807, 2.05) is 0 Å². The third-order valence-electron chi connectivity index (χ3n) is 4.14. The lowest BCUT2D eigenvalue weighted by molar-refractivity contribution is -0.126.